The van der Waals surface area contributed by atoms with Crippen molar-refractivity contribution >= 4 is 11.6 Å². The molecule has 0 aromatic rings. The zero-order valence-electron chi connectivity index (χ0n) is 13.9. The molecular weight excluding hydrogens is 280 g/mol. The first-order valence-electron chi connectivity index (χ1n) is 8.67. The fraction of sp³-hybridized carbons (Fsp3) is 0.889. The molecule has 0 unspecified atom stereocenters. The molecule has 4 bridgehead atoms. The number of hydrogen-bond donors (Lipinski definition) is 0. The number of hydrogen-bond acceptors (Lipinski definition) is 4. The Hall–Kier alpha value is -0.740. The fourth-order valence-electron chi connectivity index (χ4n) is 5.26. The van der Waals surface area contributed by atoms with Crippen molar-refractivity contribution in [2.24, 2.45) is 11.8 Å². The molecule has 0 heterocycles. The topological polar surface area (TPSA) is 52.6 Å². The zero-order valence-corrected chi connectivity index (χ0v) is 13.9. The molecule has 0 spiro atoms. The van der Waals surface area contributed by atoms with Crippen LogP contribution < -0.4 is 0 Å². The highest BCUT2D eigenvalue weighted by atomic mass is 16.5. The van der Waals surface area contributed by atoms with Gasteiger partial charge < -0.3 is 9.47 Å². The third-order valence-corrected chi connectivity index (χ3v) is 5.68. The van der Waals surface area contributed by atoms with Crippen LogP contribution in [0.4, 0.5) is 0 Å². The van der Waals surface area contributed by atoms with E-state index in [-0.39, 0.29) is 22.8 Å². The van der Waals surface area contributed by atoms with Crippen LogP contribution in [0.3, 0.4) is 0 Å². The molecule has 0 N–H and O–H groups in total. The summed E-state index contributed by atoms with van der Waals surface area (Å²) in [5.74, 6) is 1.76. The summed E-state index contributed by atoms with van der Waals surface area (Å²) in [5, 5.41) is 0. The van der Waals surface area contributed by atoms with Crippen molar-refractivity contribution in [3.8, 4) is 0 Å². The van der Waals surface area contributed by atoms with Gasteiger partial charge in [-0.2, -0.15) is 0 Å². The average Bonchev–Trinajstić information content (AvgIpc) is 2.35. The lowest BCUT2D eigenvalue weighted by molar-refractivity contribution is -0.236. The van der Waals surface area contributed by atoms with Crippen LogP contribution in [-0.2, 0) is 19.1 Å². The van der Waals surface area contributed by atoms with Gasteiger partial charge in [-0.3, -0.25) is 9.59 Å². The smallest absolute Gasteiger partial charge is 0.132 e. The minimum atomic E-state index is -0.0737. The molecular formula is C18H28O4. The van der Waals surface area contributed by atoms with Crippen LogP contribution in [0, 0.1) is 11.8 Å². The Morgan fingerprint density at radius 2 is 1.27 bits per heavy atom. The van der Waals surface area contributed by atoms with E-state index in [4.69, 9.17) is 9.47 Å². The first kappa shape index (κ1) is 16.1. The van der Waals surface area contributed by atoms with Gasteiger partial charge in [0.05, 0.1) is 24.4 Å². The first-order chi connectivity index (χ1) is 10.4. The molecule has 4 saturated carbocycles. The van der Waals surface area contributed by atoms with Crippen LogP contribution in [0.1, 0.15) is 65.2 Å². The van der Waals surface area contributed by atoms with E-state index in [0.717, 1.165) is 32.1 Å². The summed E-state index contributed by atoms with van der Waals surface area (Å²) in [4.78, 5) is 22.3. The van der Waals surface area contributed by atoms with Crippen molar-refractivity contribution in [2.45, 2.75) is 76.4 Å². The van der Waals surface area contributed by atoms with Gasteiger partial charge in [0.2, 0.25) is 0 Å². The molecule has 4 aliphatic rings. The van der Waals surface area contributed by atoms with Gasteiger partial charge in [0.25, 0.3) is 0 Å². The molecule has 124 valence electrons. The van der Waals surface area contributed by atoms with Crippen LogP contribution in [0.15, 0.2) is 0 Å². The standard InChI is InChI=1S/C18H28O4/c1-13(19)3-5-21-17-8-15-7-16(9-17)11-18(10-15,12-17)22-6-4-14(2)20/h15-16H,3-12H2,1-2H3. The maximum atomic E-state index is 11.2. The summed E-state index contributed by atoms with van der Waals surface area (Å²) in [6.45, 7) is 4.32. The molecule has 0 atom stereocenters. The molecule has 0 amide bonds. The van der Waals surface area contributed by atoms with Crippen LogP contribution in [0.2, 0.25) is 0 Å². The Balaban J connectivity index is 1.64. The predicted octanol–water partition coefficient (Wildman–Crippen LogP) is 3.07. The van der Waals surface area contributed by atoms with Gasteiger partial charge in [0.15, 0.2) is 0 Å². The Bertz CT molecular complexity index is 404. The van der Waals surface area contributed by atoms with E-state index >= 15 is 0 Å². The summed E-state index contributed by atoms with van der Waals surface area (Å²) in [6.07, 6.45) is 7.76. The highest BCUT2D eigenvalue weighted by Gasteiger charge is 2.59. The molecule has 0 aromatic carbocycles. The SMILES string of the molecule is CC(=O)CCOC12CC3CC(C1)CC(OCCC(C)=O)(C3)C2. The van der Waals surface area contributed by atoms with Gasteiger partial charge in [0, 0.05) is 19.3 Å². The molecule has 0 radical (unpaired) electrons. The second-order valence-corrected chi connectivity index (χ2v) is 7.93. The van der Waals surface area contributed by atoms with Gasteiger partial charge in [-0.1, -0.05) is 0 Å². The van der Waals surface area contributed by atoms with E-state index in [1.165, 1.54) is 6.42 Å². The van der Waals surface area contributed by atoms with Crippen molar-refractivity contribution in [3.63, 3.8) is 0 Å². The summed E-state index contributed by atoms with van der Waals surface area (Å²) in [7, 11) is 0. The van der Waals surface area contributed by atoms with Crippen molar-refractivity contribution in [2.75, 3.05) is 13.2 Å². The van der Waals surface area contributed by atoms with E-state index in [2.05, 4.69) is 0 Å². The maximum Gasteiger partial charge on any atom is 0.132 e. The zero-order chi connectivity index (χ0) is 15.8. The number of ether oxygens (including phenoxy) is 2. The number of carbonyl (C=O) groups excluding carboxylic acids is 2. The largest absolute Gasteiger partial charge is 0.374 e. The van der Waals surface area contributed by atoms with E-state index in [9.17, 15) is 9.59 Å². The van der Waals surface area contributed by atoms with Crippen molar-refractivity contribution < 1.29 is 19.1 Å². The van der Waals surface area contributed by atoms with Gasteiger partial charge in [-0.15, -0.1) is 0 Å². The van der Waals surface area contributed by atoms with Crippen LogP contribution >= 0.6 is 0 Å². The summed E-state index contributed by atoms with van der Waals surface area (Å²) < 4.78 is 12.5. The minimum Gasteiger partial charge on any atom is -0.374 e. The van der Waals surface area contributed by atoms with Crippen LogP contribution in [0.25, 0.3) is 0 Å². The molecule has 4 aliphatic carbocycles. The van der Waals surface area contributed by atoms with Gasteiger partial charge in [-0.05, 0) is 57.8 Å². The lowest BCUT2D eigenvalue weighted by Gasteiger charge is -2.61. The third kappa shape index (κ3) is 3.43. The molecule has 0 aliphatic heterocycles. The summed E-state index contributed by atoms with van der Waals surface area (Å²) in [6, 6.07) is 0. The average molecular weight is 308 g/mol. The second kappa shape index (κ2) is 6.04. The minimum absolute atomic E-state index is 0.0737. The predicted molar refractivity (Wildman–Crippen MR) is 82.6 cm³/mol. The van der Waals surface area contributed by atoms with E-state index in [0.29, 0.717) is 37.9 Å². The fourth-order valence-corrected chi connectivity index (χ4v) is 5.26. The summed E-state index contributed by atoms with van der Waals surface area (Å²) in [5.41, 5.74) is -0.147. The third-order valence-electron chi connectivity index (χ3n) is 5.68. The quantitative estimate of drug-likeness (QED) is 0.691. The molecule has 4 nitrogen and oxygen atoms in total. The monoisotopic (exact) mass is 308 g/mol. The second-order valence-electron chi connectivity index (χ2n) is 7.93. The summed E-state index contributed by atoms with van der Waals surface area (Å²) >= 11 is 0. The van der Waals surface area contributed by atoms with Crippen LogP contribution in [-0.4, -0.2) is 36.0 Å². The Morgan fingerprint density at radius 1 is 0.864 bits per heavy atom. The number of rotatable bonds is 8. The van der Waals surface area contributed by atoms with Crippen molar-refractivity contribution in [3.05, 3.63) is 0 Å². The van der Waals surface area contributed by atoms with E-state index < -0.39 is 0 Å². The molecule has 4 heteroatoms. The van der Waals surface area contributed by atoms with Crippen molar-refractivity contribution in [1.29, 1.82) is 0 Å². The van der Waals surface area contributed by atoms with Crippen molar-refractivity contribution in [1.82, 2.24) is 0 Å². The first-order valence-corrected chi connectivity index (χ1v) is 8.67. The van der Waals surface area contributed by atoms with Gasteiger partial charge in [-0.25, -0.2) is 0 Å². The van der Waals surface area contributed by atoms with Crippen LogP contribution in [0.5, 0.6) is 0 Å². The highest BCUT2D eigenvalue weighted by Crippen LogP contribution is 2.60. The molecule has 4 rings (SSSR count). The molecule has 4 fully saturated rings. The molecule has 0 aromatic heterocycles. The van der Waals surface area contributed by atoms with Gasteiger partial charge >= 0.3 is 0 Å². The van der Waals surface area contributed by atoms with E-state index in [1.54, 1.807) is 13.8 Å². The van der Waals surface area contributed by atoms with E-state index in [1.807, 2.05) is 0 Å². The number of ketones is 2. The Kier molecular flexibility index (Phi) is 4.43. The Morgan fingerprint density at radius 3 is 1.64 bits per heavy atom. The lowest BCUT2D eigenvalue weighted by Crippen LogP contribution is -2.61. The Labute approximate surface area is 132 Å². The highest BCUT2D eigenvalue weighted by molar-refractivity contribution is 5.75. The molecule has 22 heavy (non-hydrogen) atoms. The maximum absolute atomic E-state index is 11.2. The normalized spacial score (nSPS) is 39.2. The lowest BCUT2D eigenvalue weighted by atomic mass is 9.52. The number of carbonyl (C=O) groups is 2. The van der Waals surface area contributed by atoms with Gasteiger partial charge in [0.1, 0.15) is 11.6 Å². The molecule has 0 saturated heterocycles. The number of Topliss-reactive ketones (excluding diaryl/α,β-unsaturated/α-hetero) is 2.